The number of nitrogen functional groups attached to an aromatic ring is 1. The number of imide groups is 1. The van der Waals surface area contributed by atoms with Crippen LogP contribution in [0.4, 0.5) is 10.5 Å². The Hall–Kier alpha value is -1.75. The third kappa shape index (κ3) is 2.26. The molecule has 1 unspecified atom stereocenters. The Morgan fingerprint density at radius 1 is 1.42 bits per heavy atom. The molecule has 2 rings (SSSR count). The average molecular weight is 282 g/mol. The summed E-state index contributed by atoms with van der Waals surface area (Å²) in [6, 6.07) is 4.70. The minimum Gasteiger partial charge on any atom is -0.398 e. The van der Waals surface area contributed by atoms with Gasteiger partial charge in [-0.2, -0.15) is 0 Å². The number of nitrogens with one attached hydrogen (secondary N) is 1. The number of carbonyl (C=O) groups excluding carboxylic acids is 2. The van der Waals surface area contributed by atoms with Crippen molar-refractivity contribution in [3.05, 3.63) is 28.8 Å². The quantitative estimate of drug-likeness (QED) is 0.658. The van der Waals surface area contributed by atoms with Gasteiger partial charge in [0.25, 0.3) is 5.91 Å². The summed E-state index contributed by atoms with van der Waals surface area (Å²) in [5.41, 5.74) is 6.06. The molecule has 1 aliphatic rings. The van der Waals surface area contributed by atoms with E-state index >= 15 is 0 Å². The zero-order valence-corrected chi connectivity index (χ0v) is 11.6. The van der Waals surface area contributed by atoms with Crippen LogP contribution in [0.15, 0.2) is 18.2 Å². The lowest BCUT2D eigenvalue weighted by Gasteiger charge is -2.20. The van der Waals surface area contributed by atoms with Gasteiger partial charge in [-0.1, -0.05) is 24.6 Å². The van der Waals surface area contributed by atoms with Crippen molar-refractivity contribution in [2.45, 2.75) is 32.4 Å². The molecule has 19 heavy (non-hydrogen) atoms. The van der Waals surface area contributed by atoms with E-state index in [-0.39, 0.29) is 12.5 Å². The average Bonchev–Trinajstić information content (AvgIpc) is 2.57. The number of nitrogens with two attached hydrogens (primary N) is 1. The van der Waals surface area contributed by atoms with Crippen molar-refractivity contribution in [3.8, 4) is 0 Å². The van der Waals surface area contributed by atoms with Crippen molar-refractivity contribution >= 4 is 29.2 Å². The van der Waals surface area contributed by atoms with Gasteiger partial charge in [-0.3, -0.25) is 9.69 Å². The van der Waals surface area contributed by atoms with Gasteiger partial charge in [0, 0.05) is 16.3 Å². The second-order valence-electron chi connectivity index (χ2n) is 4.81. The van der Waals surface area contributed by atoms with E-state index in [1.807, 2.05) is 6.92 Å². The Morgan fingerprint density at radius 3 is 2.63 bits per heavy atom. The molecule has 6 heteroatoms. The van der Waals surface area contributed by atoms with Crippen LogP contribution in [-0.2, 0) is 11.3 Å². The van der Waals surface area contributed by atoms with Crippen LogP contribution in [-0.4, -0.2) is 22.4 Å². The molecule has 0 radical (unpaired) electrons. The number of halogens is 1. The standard InChI is InChI=1S/C13H16ClN3O2/c1-3-13(2)11(18)17(12(19)16-13)7-8-9(14)5-4-6-10(8)15/h4-6H,3,7,15H2,1-2H3,(H,16,19). The van der Waals surface area contributed by atoms with Crippen LogP contribution in [0.2, 0.25) is 5.02 Å². The fourth-order valence-corrected chi connectivity index (χ4v) is 2.27. The van der Waals surface area contributed by atoms with Crippen LogP contribution in [0.25, 0.3) is 0 Å². The molecule has 1 atom stereocenters. The first kappa shape index (κ1) is 13.7. The zero-order chi connectivity index (χ0) is 14.2. The number of benzene rings is 1. The fourth-order valence-electron chi connectivity index (χ4n) is 2.03. The monoisotopic (exact) mass is 281 g/mol. The van der Waals surface area contributed by atoms with Gasteiger partial charge in [0.05, 0.1) is 6.54 Å². The van der Waals surface area contributed by atoms with Crippen LogP contribution < -0.4 is 11.1 Å². The van der Waals surface area contributed by atoms with E-state index in [9.17, 15) is 9.59 Å². The van der Waals surface area contributed by atoms with E-state index < -0.39 is 11.6 Å². The summed E-state index contributed by atoms with van der Waals surface area (Å²) in [6.45, 7) is 3.65. The number of hydrogen-bond donors (Lipinski definition) is 2. The third-order valence-corrected chi connectivity index (χ3v) is 3.88. The molecule has 1 aromatic carbocycles. The normalized spacial score (nSPS) is 22.8. The predicted molar refractivity (Wildman–Crippen MR) is 73.6 cm³/mol. The largest absolute Gasteiger partial charge is 0.398 e. The van der Waals surface area contributed by atoms with E-state index in [0.717, 1.165) is 4.90 Å². The predicted octanol–water partition coefficient (Wildman–Crippen LogP) is 2.14. The molecule has 3 N–H and O–H groups in total. The van der Waals surface area contributed by atoms with Gasteiger partial charge in [0.15, 0.2) is 0 Å². The zero-order valence-electron chi connectivity index (χ0n) is 10.9. The highest BCUT2D eigenvalue weighted by Crippen LogP contribution is 2.27. The molecule has 3 amide bonds. The van der Waals surface area contributed by atoms with Crippen molar-refractivity contribution in [2.75, 3.05) is 5.73 Å². The summed E-state index contributed by atoms with van der Waals surface area (Å²) in [5, 5.41) is 3.14. The molecule has 0 aromatic heterocycles. The van der Waals surface area contributed by atoms with Crippen LogP contribution in [0.1, 0.15) is 25.8 Å². The Bertz CT molecular complexity index is 526. The summed E-state index contributed by atoms with van der Waals surface area (Å²) in [4.78, 5) is 25.3. The Morgan fingerprint density at radius 2 is 2.11 bits per heavy atom. The molecular formula is C13H16ClN3O2. The van der Waals surface area contributed by atoms with Gasteiger partial charge in [0.2, 0.25) is 0 Å². The smallest absolute Gasteiger partial charge is 0.325 e. The molecule has 1 aliphatic heterocycles. The van der Waals surface area contributed by atoms with Crippen molar-refractivity contribution in [3.63, 3.8) is 0 Å². The van der Waals surface area contributed by atoms with Crippen LogP contribution in [0.5, 0.6) is 0 Å². The maximum atomic E-state index is 12.3. The number of urea groups is 1. The first-order valence-electron chi connectivity index (χ1n) is 6.06. The van der Waals surface area contributed by atoms with E-state index in [2.05, 4.69) is 5.32 Å². The number of anilines is 1. The lowest BCUT2D eigenvalue weighted by Crippen LogP contribution is -2.43. The van der Waals surface area contributed by atoms with Gasteiger partial charge in [-0.25, -0.2) is 4.79 Å². The summed E-state index contributed by atoms with van der Waals surface area (Å²) in [7, 11) is 0. The van der Waals surface area contributed by atoms with Gasteiger partial charge in [0.1, 0.15) is 5.54 Å². The Balaban J connectivity index is 2.30. The molecule has 0 bridgehead atoms. The molecule has 102 valence electrons. The maximum Gasteiger partial charge on any atom is 0.325 e. The maximum absolute atomic E-state index is 12.3. The van der Waals surface area contributed by atoms with Gasteiger partial charge in [-0.15, -0.1) is 0 Å². The summed E-state index contributed by atoms with van der Waals surface area (Å²) in [6.07, 6.45) is 0.534. The Labute approximate surface area is 116 Å². The van der Waals surface area contributed by atoms with Crippen molar-refractivity contribution in [1.82, 2.24) is 10.2 Å². The second kappa shape index (κ2) is 4.74. The van der Waals surface area contributed by atoms with Gasteiger partial charge < -0.3 is 11.1 Å². The fraction of sp³-hybridized carbons (Fsp3) is 0.385. The first-order chi connectivity index (χ1) is 8.89. The number of nitrogens with zero attached hydrogens (tertiary/aromatic N) is 1. The molecular weight excluding hydrogens is 266 g/mol. The van der Waals surface area contributed by atoms with Crippen molar-refractivity contribution < 1.29 is 9.59 Å². The van der Waals surface area contributed by atoms with E-state index in [0.29, 0.717) is 22.7 Å². The summed E-state index contributed by atoms with van der Waals surface area (Å²) < 4.78 is 0. The molecule has 0 spiro atoms. The molecule has 1 saturated heterocycles. The summed E-state index contributed by atoms with van der Waals surface area (Å²) in [5.74, 6) is -0.251. The summed E-state index contributed by atoms with van der Waals surface area (Å²) >= 11 is 6.06. The third-order valence-electron chi connectivity index (χ3n) is 3.52. The minimum atomic E-state index is -0.840. The lowest BCUT2D eigenvalue weighted by atomic mass is 9.99. The molecule has 1 aromatic rings. The van der Waals surface area contributed by atoms with Crippen molar-refractivity contribution in [1.29, 1.82) is 0 Å². The molecule has 5 nitrogen and oxygen atoms in total. The highest BCUT2D eigenvalue weighted by molar-refractivity contribution is 6.31. The highest BCUT2D eigenvalue weighted by Gasteiger charge is 2.46. The molecule has 1 heterocycles. The Kier molecular flexibility index (Phi) is 3.41. The molecule has 0 aliphatic carbocycles. The van der Waals surface area contributed by atoms with E-state index in [1.165, 1.54) is 0 Å². The minimum absolute atomic E-state index is 0.0891. The van der Waals surface area contributed by atoms with E-state index in [1.54, 1.807) is 25.1 Å². The SMILES string of the molecule is CCC1(C)NC(=O)N(Cc2c(N)cccc2Cl)C1=O. The van der Waals surface area contributed by atoms with Crippen LogP contribution >= 0.6 is 11.6 Å². The van der Waals surface area contributed by atoms with E-state index in [4.69, 9.17) is 17.3 Å². The van der Waals surface area contributed by atoms with Crippen molar-refractivity contribution in [2.24, 2.45) is 0 Å². The van der Waals surface area contributed by atoms with Crippen LogP contribution in [0, 0.1) is 0 Å². The highest BCUT2D eigenvalue weighted by atomic mass is 35.5. The number of rotatable bonds is 3. The van der Waals surface area contributed by atoms with Gasteiger partial charge >= 0.3 is 6.03 Å². The molecule has 1 fully saturated rings. The number of carbonyl (C=O) groups is 2. The number of amides is 3. The first-order valence-corrected chi connectivity index (χ1v) is 6.44. The van der Waals surface area contributed by atoms with Gasteiger partial charge in [-0.05, 0) is 25.5 Å². The topological polar surface area (TPSA) is 75.4 Å². The van der Waals surface area contributed by atoms with Crippen LogP contribution in [0.3, 0.4) is 0 Å². The second-order valence-corrected chi connectivity index (χ2v) is 5.22. The lowest BCUT2D eigenvalue weighted by molar-refractivity contribution is -0.131. The molecule has 0 saturated carbocycles. The number of hydrogen-bond acceptors (Lipinski definition) is 3.